The SMILES string of the molecule is Cc1csc(Sc2ccc(C(=O)OCC(=O)NCCN3C(=O)CSC3=O)cc2[N+](=O)[O-])n1. The van der Waals surface area contributed by atoms with Crippen molar-refractivity contribution in [3.8, 4) is 0 Å². The van der Waals surface area contributed by atoms with E-state index >= 15 is 0 Å². The van der Waals surface area contributed by atoms with Crippen molar-refractivity contribution >= 4 is 63.6 Å². The highest BCUT2D eigenvalue weighted by Crippen LogP contribution is 2.36. The van der Waals surface area contributed by atoms with Gasteiger partial charge in [0.15, 0.2) is 10.9 Å². The average Bonchev–Trinajstić information content (AvgIpc) is 3.31. The molecule has 3 amide bonds. The minimum atomic E-state index is -0.897. The molecular weight excluding hydrogens is 480 g/mol. The van der Waals surface area contributed by atoms with Crippen LogP contribution in [0.3, 0.4) is 0 Å². The van der Waals surface area contributed by atoms with Crippen molar-refractivity contribution in [2.75, 3.05) is 25.4 Å². The number of nitrogens with one attached hydrogen (secondary N) is 1. The molecule has 11 nitrogen and oxygen atoms in total. The maximum atomic E-state index is 12.2. The van der Waals surface area contributed by atoms with Gasteiger partial charge >= 0.3 is 5.97 Å². The van der Waals surface area contributed by atoms with Crippen LogP contribution in [0.1, 0.15) is 16.1 Å². The van der Waals surface area contributed by atoms with E-state index in [9.17, 15) is 29.3 Å². The number of carbonyl (C=O) groups excluding carboxylic acids is 4. The molecule has 0 unspecified atom stereocenters. The molecule has 1 fully saturated rings. The number of hydrogen-bond donors (Lipinski definition) is 1. The quantitative estimate of drug-likeness (QED) is 0.312. The Hall–Kier alpha value is -2.97. The number of hydrogen-bond acceptors (Lipinski definition) is 11. The van der Waals surface area contributed by atoms with Crippen molar-refractivity contribution in [1.82, 2.24) is 15.2 Å². The molecule has 3 rings (SSSR count). The van der Waals surface area contributed by atoms with Gasteiger partial charge in [-0.25, -0.2) is 9.78 Å². The van der Waals surface area contributed by atoms with Crippen molar-refractivity contribution in [2.24, 2.45) is 0 Å². The van der Waals surface area contributed by atoms with Gasteiger partial charge in [0.25, 0.3) is 16.8 Å². The summed E-state index contributed by atoms with van der Waals surface area (Å²) >= 11 is 3.36. The van der Waals surface area contributed by atoms with Gasteiger partial charge in [-0.15, -0.1) is 11.3 Å². The van der Waals surface area contributed by atoms with E-state index in [4.69, 9.17) is 4.74 Å². The summed E-state index contributed by atoms with van der Waals surface area (Å²) in [5.74, 6) is -1.77. The van der Waals surface area contributed by atoms with Gasteiger partial charge in [-0.3, -0.25) is 29.4 Å². The Balaban J connectivity index is 1.53. The summed E-state index contributed by atoms with van der Waals surface area (Å²) in [7, 11) is 0. The number of benzene rings is 1. The van der Waals surface area contributed by atoms with Gasteiger partial charge in [0.2, 0.25) is 5.91 Å². The minimum absolute atomic E-state index is 0.0159. The number of aromatic nitrogens is 1. The number of esters is 1. The predicted octanol–water partition coefficient (Wildman–Crippen LogP) is 2.48. The van der Waals surface area contributed by atoms with E-state index in [0.717, 1.165) is 40.2 Å². The van der Waals surface area contributed by atoms with Crippen molar-refractivity contribution in [3.05, 3.63) is 45.0 Å². The first-order valence-electron chi connectivity index (χ1n) is 9.04. The fourth-order valence-corrected chi connectivity index (χ4v) is 5.15. The highest BCUT2D eigenvalue weighted by atomic mass is 32.2. The average molecular weight is 497 g/mol. The lowest BCUT2D eigenvalue weighted by Gasteiger charge is -2.13. The summed E-state index contributed by atoms with van der Waals surface area (Å²) in [5.41, 5.74) is 0.449. The highest BCUT2D eigenvalue weighted by Gasteiger charge is 2.29. The first-order chi connectivity index (χ1) is 15.2. The molecule has 0 aliphatic carbocycles. The Morgan fingerprint density at radius 3 is 2.78 bits per heavy atom. The molecule has 1 N–H and O–H groups in total. The van der Waals surface area contributed by atoms with Crippen LogP contribution in [0, 0.1) is 17.0 Å². The zero-order valence-corrected chi connectivity index (χ0v) is 19.0. The highest BCUT2D eigenvalue weighted by molar-refractivity contribution is 8.14. The molecule has 168 valence electrons. The third-order valence-corrected chi connectivity index (χ3v) is 7.00. The molecule has 1 aromatic heterocycles. The fraction of sp³-hybridized carbons (Fsp3) is 0.278. The molecule has 1 aromatic carbocycles. The fourth-order valence-electron chi connectivity index (χ4n) is 2.52. The number of nitro benzene ring substituents is 1. The van der Waals surface area contributed by atoms with Gasteiger partial charge in [-0.05, 0) is 19.1 Å². The van der Waals surface area contributed by atoms with Crippen LogP contribution in [-0.2, 0) is 14.3 Å². The number of thioether (sulfide) groups is 1. The van der Waals surface area contributed by atoms with E-state index < -0.39 is 23.4 Å². The summed E-state index contributed by atoms with van der Waals surface area (Å²) in [6.07, 6.45) is 0. The van der Waals surface area contributed by atoms with Gasteiger partial charge < -0.3 is 10.1 Å². The van der Waals surface area contributed by atoms with E-state index in [1.807, 2.05) is 12.3 Å². The van der Waals surface area contributed by atoms with Crippen LogP contribution in [0.4, 0.5) is 10.5 Å². The van der Waals surface area contributed by atoms with Gasteiger partial charge in [0, 0.05) is 30.2 Å². The zero-order valence-electron chi connectivity index (χ0n) is 16.6. The second-order valence-corrected chi connectivity index (χ2v) is 9.40. The molecule has 1 saturated heterocycles. The molecule has 0 atom stereocenters. The summed E-state index contributed by atoms with van der Waals surface area (Å²) < 4.78 is 5.54. The maximum Gasteiger partial charge on any atom is 0.338 e. The molecular formula is C18H16N4O7S3. The van der Waals surface area contributed by atoms with Gasteiger partial charge in [-0.2, -0.15) is 0 Å². The van der Waals surface area contributed by atoms with E-state index in [2.05, 4.69) is 10.3 Å². The first kappa shape index (κ1) is 23.7. The maximum absolute atomic E-state index is 12.2. The summed E-state index contributed by atoms with van der Waals surface area (Å²) in [5, 5.41) is 15.3. The molecule has 32 heavy (non-hydrogen) atoms. The number of nitrogens with zero attached hydrogens (tertiary/aromatic N) is 3. The largest absolute Gasteiger partial charge is 0.452 e. The van der Waals surface area contributed by atoms with E-state index in [-0.39, 0.29) is 41.2 Å². The molecule has 0 bridgehead atoms. The van der Waals surface area contributed by atoms with Crippen LogP contribution in [0.25, 0.3) is 0 Å². The van der Waals surface area contributed by atoms with Gasteiger partial charge in [0.1, 0.15) is 0 Å². The standard InChI is InChI=1S/C18H16N4O7S3/c1-10-8-30-17(20-10)32-13-3-2-11(6-12(13)22(27)28)16(25)29-7-14(23)19-4-5-21-15(24)9-31-18(21)26/h2-3,6,8H,4-5,7,9H2,1H3,(H,19,23). The number of carbonyl (C=O) groups is 4. The van der Waals surface area contributed by atoms with Gasteiger partial charge in [-0.1, -0.05) is 23.5 Å². The Morgan fingerprint density at radius 2 is 2.16 bits per heavy atom. The third-order valence-electron chi connectivity index (χ3n) is 4.02. The first-order valence-corrected chi connectivity index (χ1v) is 11.7. The topological polar surface area (TPSA) is 149 Å². The lowest BCUT2D eigenvalue weighted by molar-refractivity contribution is -0.387. The smallest absolute Gasteiger partial charge is 0.338 e. The summed E-state index contributed by atoms with van der Waals surface area (Å²) in [6, 6.07) is 3.89. The number of ether oxygens (including phenoxy) is 1. The molecule has 1 aliphatic rings. The molecule has 1 aliphatic heterocycles. The Labute approximate surface area is 194 Å². The number of amides is 3. The molecule has 0 spiro atoms. The molecule has 14 heteroatoms. The van der Waals surface area contributed by atoms with Crippen LogP contribution in [0.2, 0.25) is 0 Å². The lowest BCUT2D eigenvalue weighted by Crippen LogP contribution is -2.38. The third kappa shape index (κ3) is 6.05. The van der Waals surface area contributed by atoms with Crippen LogP contribution in [0.15, 0.2) is 32.8 Å². The molecule has 0 radical (unpaired) electrons. The van der Waals surface area contributed by atoms with Gasteiger partial charge in [0.05, 0.1) is 21.1 Å². The number of rotatable bonds is 9. The number of nitro groups is 1. The number of imide groups is 1. The molecule has 0 saturated carbocycles. The van der Waals surface area contributed by atoms with E-state index in [0.29, 0.717) is 9.24 Å². The summed E-state index contributed by atoms with van der Waals surface area (Å²) in [4.78, 5) is 63.5. The monoisotopic (exact) mass is 496 g/mol. The van der Waals surface area contributed by atoms with E-state index in [1.165, 1.54) is 23.5 Å². The Kier molecular flexibility index (Phi) is 7.82. The van der Waals surface area contributed by atoms with Crippen LogP contribution in [-0.4, -0.2) is 63.3 Å². The van der Waals surface area contributed by atoms with E-state index in [1.54, 1.807) is 0 Å². The second kappa shape index (κ2) is 10.6. The van der Waals surface area contributed by atoms with Crippen LogP contribution < -0.4 is 5.32 Å². The van der Waals surface area contributed by atoms with Crippen LogP contribution in [0.5, 0.6) is 0 Å². The predicted molar refractivity (Wildman–Crippen MR) is 117 cm³/mol. The Bertz CT molecular complexity index is 1070. The summed E-state index contributed by atoms with van der Waals surface area (Å²) in [6.45, 7) is 1.24. The van der Waals surface area contributed by atoms with Crippen molar-refractivity contribution in [3.63, 3.8) is 0 Å². The second-order valence-electron chi connectivity index (χ2n) is 6.32. The van der Waals surface area contributed by atoms with Crippen molar-refractivity contribution < 1.29 is 28.8 Å². The Morgan fingerprint density at radius 1 is 1.38 bits per heavy atom. The number of thiazole rings is 1. The molecule has 2 heterocycles. The van der Waals surface area contributed by atoms with Crippen LogP contribution >= 0.6 is 34.9 Å². The lowest BCUT2D eigenvalue weighted by atomic mass is 10.2. The normalized spacial score (nSPS) is 13.3. The molecule has 2 aromatic rings. The van der Waals surface area contributed by atoms with Crippen molar-refractivity contribution in [1.29, 1.82) is 0 Å². The van der Waals surface area contributed by atoms with Crippen molar-refractivity contribution in [2.45, 2.75) is 16.2 Å². The minimum Gasteiger partial charge on any atom is -0.452 e. The zero-order chi connectivity index (χ0) is 23.3. The number of aryl methyl sites for hydroxylation is 1.